The van der Waals surface area contributed by atoms with Crippen LogP contribution >= 0.6 is 0 Å². The summed E-state index contributed by atoms with van der Waals surface area (Å²) >= 11 is 0. The highest BCUT2D eigenvalue weighted by Crippen LogP contribution is 2.51. The molecule has 1 aromatic heterocycles. The first-order chi connectivity index (χ1) is 12.2. The van der Waals surface area contributed by atoms with E-state index in [1.54, 1.807) is 12.3 Å². The van der Waals surface area contributed by atoms with Crippen LogP contribution in [-0.4, -0.2) is 28.5 Å². The normalized spacial score (nSPS) is 30.6. The second-order valence-corrected chi connectivity index (χ2v) is 8.13. The van der Waals surface area contributed by atoms with Gasteiger partial charge in [-0.1, -0.05) is 12.1 Å². The summed E-state index contributed by atoms with van der Waals surface area (Å²) in [6, 6.07) is 9.12. The number of carbonyl (C=O) groups excluding carboxylic acids is 1. The van der Waals surface area contributed by atoms with Crippen LogP contribution in [0, 0.1) is 23.7 Å². The molecule has 4 fully saturated rings. The topological polar surface area (TPSA) is 42.3 Å². The summed E-state index contributed by atoms with van der Waals surface area (Å²) in [7, 11) is 0. The smallest absolute Gasteiger partial charge is 0.242 e. The second-order valence-electron chi connectivity index (χ2n) is 8.13. The van der Waals surface area contributed by atoms with Crippen molar-refractivity contribution >= 4 is 16.8 Å². The molecule has 4 nitrogen and oxygen atoms in total. The van der Waals surface area contributed by atoms with Gasteiger partial charge >= 0.3 is 0 Å². The summed E-state index contributed by atoms with van der Waals surface area (Å²) in [5.74, 6) is 3.37. The average Bonchev–Trinajstić information content (AvgIpc) is 3.13. The van der Waals surface area contributed by atoms with Gasteiger partial charge < -0.3 is 9.47 Å². The van der Waals surface area contributed by atoms with Gasteiger partial charge in [0.2, 0.25) is 5.91 Å². The number of nitrogens with zero attached hydrogens (tertiary/aromatic N) is 2. The minimum Gasteiger partial charge on any atom is -0.341 e. The van der Waals surface area contributed by atoms with Crippen LogP contribution in [0.5, 0.6) is 0 Å². The maximum absolute atomic E-state index is 12.9. The molecule has 3 saturated carbocycles. The fourth-order valence-corrected chi connectivity index (χ4v) is 5.70. The Morgan fingerprint density at radius 1 is 0.960 bits per heavy atom. The highest BCUT2D eigenvalue weighted by atomic mass is 16.2. The van der Waals surface area contributed by atoms with E-state index in [-0.39, 0.29) is 11.3 Å². The molecule has 4 aliphatic rings. The highest BCUT2D eigenvalue weighted by molar-refractivity contribution is 5.82. The largest absolute Gasteiger partial charge is 0.341 e. The Kier molecular flexibility index (Phi) is 3.47. The Morgan fingerprint density at radius 3 is 2.28 bits per heavy atom. The van der Waals surface area contributed by atoms with Crippen molar-refractivity contribution in [1.82, 2.24) is 9.47 Å². The molecular formula is C21H24N2O2. The van der Waals surface area contributed by atoms with Gasteiger partial charge in [0.15, 0.2) is 5.43 Å². The summed E-state index contributed by atoms with van der Waals surface area (Å²) in [5, 5.41) is 0.686. The molecule has 3 aliphatic carbocycles. The molecule has 2 bridgehead atoms. The molecule has 6 rings (SSSR count). The zero-order valence-corrected chi connectivity index (χ0v) is 14.4. The van der Waals surface area contributed by atoms with E-state index in [0.717, 1.165) is 42.3 Å². The first-order valence-electron chi connectivity index (χ1n) is 9.56. The standard InChI is InChI=1S/C21H24N2O2/c24-20-9-10-22(19-4-2-1-3-16(19)20)13-21(25)23-11-17-14-5-6-15(8-7-14)18(17)12-23/h1-4,9-10,14-15,17-18H,5-8,11-13H2/t14?,15?,17-,18+. The van der Waals surface area contributed by atoms with Crippen LogP contribution in [0.1, 0.15) is 25.7 Å². The SMILES string of the molecule is O=C(Cn1ccc(=O)c2ccccc21)N1C[C@@H]2C3CCC(CC3)[C@@H]2C1. The Hall–Kier alpha value is -2.10. The van der Waals surface area contributed by atoms with E-state index in [9.17, 15) is 9.59 Å². The van der Waals surface area contributed by atoms with E-state index < -0.39 is 0 Å². The third-order valence-corrected chi connectivity index (χ3v) is 6.98. The Morgan fingerprint density at radius 2 is 1.60 bits per heavy atom. The summed E-state index contributed by atoms with van der Waals surface area (Å²) in [5.41, 5.74) is 0.864. The van der Waals surface area contributed by atoms with Crippen LogP contribution in [-0.2, 0) is 11.3 Å². The number of amides is 1. The van der Waals surface area contributed by atoms with Crippen LogP contribution in [0.15, 0.2) is 41.3 Å². The molecule has 0 radical (unpaired) electrons. The van der Waals surface area contributed by atoms with Crippen molar-refractivity contribution in [2.45, 2.75) is 32.2 Å². The molecular weight excluding hydrogens is 312 g/mol. The molecule has 1 amide bonds. The van der Waals surface area contributed by atoms with Crippen LogP contribution in [0.25, 0.3) is 10.9 Å². The minimum atomic E-state index is 0.0167. The van der Waals surface area contributed by atoms with Crippen LogP contribution in [0.4, 0.5) is 0 Å². The lowest BCUT2D eigenvalue weighted by atomic mass is 9.60. The van der Waals surface area contributed by atoms with Gasteiger partial charge in [-0.15, -0.1) is 0 Å². The predicted molar refractivity (Wildman–Crippen MR) is 97.2 cm³/mol. The van der Waals surface area contributed by atoms with Crippen molar-refractivity contribution in [2.24, 2.45) is 23.7 Å². The van der Waals surface area contributed by atoms with Crippen molar-refractivity contribution in [1.29, 1.82) is 0 Å². The van der Waals surface area contributed by atoms with Crippen molar-refractivity contribution in [3.05, 3.63) is 46.8 Å². The number of para-hydroxylation sites is 1. The fraction of sp³-hybridized carbons (Fsp3) is 0.524. The summed E-state index contributed by atoms with van der Waals surface area (Å²) in [6.45, 7) is 2.22. The molecule has 2 heterocycles. The van der Waals surface area contributed by atoms with Crippen molar-refractivity contribution in [3.8, 4) is 0 Å². The van der Waals surface area contributed by atoms with Crippen LogP contribution in [0.2, 0.25) is 0 Å². The maximum Gasteiger partial charge on any atom is 0.242 e. The number of rotatable bonds is 2. The molecule has 0 spiro atoms. The lowest BCUT2D eigenvalue weighted by molar-refractivity contribution is -0.131. The third-order valence-electron chi connectivity index (χ3n) is 6.98. The summed E-state index contributed by atoms with van der Waals surface area (Å²) < 4.78 is 1.93. The number of carbonyl (C=O) groups is 1. The molecule has 0 N–H and O–H groups in total. The van der Waals surface area contributed by atoms with E-state index in [4.69, 9.17) is 0 Å². The predicted octanol–water partition coefficient (Wildman–Crippen LogP) is 2.90. The molecule has 0 unspecified atom stereocenters. The number of pyridine rings is 1. The first kappa shape index (κ1) is 15.2. The molecule has 4 heteroatoms. The van der Waals surface area contributed by atoms with Crippen molar-refractivity contribution < 1.29 is 4.79 Å². The Balaban J connectivity index is 1.38. The summed E-state index contributed by atoms with van der Waals surface area (Å²) in [6.07, 6.45) is 7.25. The number of benzene rings is 1. The maximum atomic E-state index is 12.9. The molecule has 2 aromatic rings. The monoisotopic (exact) mass is 336 g/mol. The van der Waals surface area contributed by atoms with Crippen molar-refractivity contribution in [3.63, 3.8) is 0 Å². The zero-order chi connectivity index (χ0) is 17.0. The minimum absolute atomic E-state index is 0.0167. The Labute approximate surface area is 147 Å². The van der Waals surface area contributed by atoms with Gasteiger partial charge in [-0.3, -0.25) is 9.59 Å². The molecule has 2 atom stereocenters. The quantitative estimate of drug-likeness (QED) is 0.846. The first-order valence-corrected chi connectivity index (χ1v) is 9.56. The van der Waals surface area contributed by atoms with E-state index in [1.807, 2.05) is 28.8 Å². The second kappa shape index (κ2) is 5.72. The summed E-state index contributed by atoms with van der Waals surface area (Å²) in [4.78, 5) is 27.1. The zero-order valence-electron chi connectivity index (χ0n) is 14.4. The van der Waals surface area contributed by atoms with E-state index in [1.165, 1.54) is 25.7 Å². The van der Waals surface area contributed by atoms with Gasteiger partial charge in [-0.25, -0.2) is 0 Å². The molecule has 25 heavy (non-hydrogen) atoms. The van der Waals surface area contributed by atoms with Gasteiger partial charge in [0.05, 0.1) is 5.52 Å². The van der Waals surface area contributed by atoms with Crippen molar-refractivity contribution in [2.75, 3.05) is 13.1 Å². The number of hydrogen-bond acceptors (Lipinski definition) is 2. The average molecular weight is 336 g/mol. The molecule has 130 valence electrons. The molecule has 1 aromatic carbocycles. The van der Waals surface area contributed by atoms with Gasteiger partial charge in [0.1, 0.15) is 6.54 Å². The van der Waals surface area contributed by atoms with E-state index in [2.05, 4.69) is 4.90 Å². The fourth-order valence-electron chi connectivity index (χ4n) is 5.70. The van der Waals surface area contributed by atoms with Crippen LogP contribution in [0.3, 0.4) is 0 Å². The van der Waals surface area contributed by atoms with Gasteiger partial charge in [-0.2, -0.15) is 0 Å². The van der Waals surface area contributed by atoms with E-state index >= 15 is 0 Å². The molecule has 1 saturated heterocycles. The molecule has 1 aliphatic heterocycles. The van der Waals surface area contributed by atoms with Crippen LogP contribution < -0.4 is 5.43 Å². The number of fused-ring (bicyclic) bond motifs is 3. The highest BCUT2D eigenvalue weighted by Gasteiger charge is 2.48. The van der Waals surface area contributed by atoms with Gasteiger partial charge in [0.25, 0.3) is 0 Å². The van der Waals surface area contributed by atoms with E-state index in [0.29, 0.717) is 11.9 Å². The third kappa shape index (κ3) is 2.42. The lowest BCUT2D eigenvalue weighted by Crippen LogP contribution is -2.38. The number of hydrogen-bond donors (Lipinski definition) is 0. The van der Waals surface area contributed by atoms with Gasteiger partial charge in [0, 0.05) is 30.7 Å². The number of aromatic nitrogens is 1. The lowest BCUT2D eigenvalue weighted by Gasteiger charge is -2.44. The number of likely N-dealkylation sites (tertiary alicyclic amines) is 1. The van der Waals surface area contributed by atoms with Gasteiger partial charge in [-0.05, 0) is 61.5 Å². The Bertz CT molecular complexity index is 859.